The van der Waals surface area contributed by atoms with E-state index in [1.807, 2.05) is 0 Å². The predicted molar refractivity (Wildman–Crippen MR) is 223 cm³/mol. The summed E-state index contributed by atoms with van der Waals surface area (Å²) in [4.78, 5) is 11.4. The quantitative estimate of drug-likeness (QED) is 0.148. The van der Waals surface area contributed by atoms with Gasteiger partial charge in [0.05, 0.1) is 0 Å². The fourth-order valence-electron chi connectivity index (χ4n) is 6.63. The number of rotatable bonds is 8. The van der Waals surface area contributed by atoms with Crippen molar-refractivity contribution in [3.63, 3.8) is 0 Å². The summed E-state index contributed by atoms with van der Waals surface area (Å²) in [6.07, 6.45) is 5.11. The Morgan fingerprint density at radius 1 is 0.392 bits per heavy atom. The molecule has 0 aromatic heterocycles. The minimum Gasteiger partial charge on any atom is -0.679 e. The molecule has 0 spiro atoms. The van der Waals surface area contributed by atoms with E-state index < -0.39 is 16.5 Å². The minimum atomic E-state index is -2.47. The first-order chi connectivity index (χ1) is 24.6. The summed E-state index contributed by atoms with van der Waals surface area (Å²) in [5.41, 5.74) is 2.02. The Bertz CT molecular complexity index is 1660. The summed E-state index contributed by atoms with van der Waals surface area (Å²) in [7, 11) is -4.95. The maximum Gasteiger partial charge on any atom is 2.00 e. The number of nitrogens with zero attached hydrogens (tertiary/aromatic N) is 2. The molecule has 2 fully saturated rings. The molecule has 0 saturated carbocycles. The SMILES string of the molecule is C1CCOC1.C1CCOC1.C[Si]([N-]c1cccc2cccc([N-][Si](C)(c3ccccc3)c3ccccc3)c12)(c1ccccc1)c1ccccc1.[Mg+2]. The van der Waals surface area contributed by atoms with Gasteiger partial charge in [-0.2, -0.15) is 0 Å². The maximum absolute atomic E-state index is 5.69. The normalized spacial score (nSPS) is 13.9. The second-order valence-corrected chi connectivity index (χ2v) is 20.2. The molecule has 2 heterocycles. The summed E-state index contributed by atoms with van der Waals surface area (Å²) < 4.78 is 9.89. The van der Waals surface area contributed by atoms with Gasteiger partial charge in [0.1, 0.15) is 0 Å². The van der Waals surface area contributed by atoms with Crippen LogP contribution in [0.2, 0.25) is 13.1 Å². The molecule has 4 nitrogen and oxygen atoms in total. The first-order valence-corrected chi connectivity index (χ1v) is 22.8. The van der Waals surface area contributed by atoms with Gasteiger partial charge in [-0.3, -0.25) is 0 Å². The Labute approximate surface area is 323 Å². The topological polar surface area (TPSA) is 46.7 Å². The van der Waals surface area contributed by atoms with Gasteiger partial charge < -0.3 is 19.4 Å². The van der Waals surface area contributed by atoms with Gasteiger partial charge in [0.2, 0.25) is 0 Å². The van der Waals surface area contributed by atoms with E-state index in [0.717, 1.165) is 48.6 Å². The summed E-state index contributed by atoms with van der Waals surface area (Å²) in [6, 6.07) is 56.1. The zero-order valence-electron chi connectivity index (χ0n) is 30.1. The molecule has 2 aliphatic heterocycles. The third-order valence-corrected chi connectivity index (χ3v) is 16.8. The predicted octanol–water partition coefficient (Wildman–Crippen LogP) is 8.84. The van der Waals surface area contributed by atoms with Crippen LogP contribution in [0.25, 0.3) is 20.7 Å². The van der Waals surface area contributed by atoms with Crippen LogP contribution in [0.1, 0.15) is 25.7 Å². The average molecular weight is 717 g/mol. The van der Waals surface area contributed by atoms with Gasteiger partial charge in [-0.1, -0.05) is 192 Å². The van der Waals surface area contributed by atoms with Crippen LogP contribution in [0.4, 0.5) is 11.4 Å². The van der Waals surface area contributed by atoms with Gasteiger partial charge in [-0.25, -0.2) is 0 Å². The van der Waals surface area contributed by atoms with Crippen molar-refractivity contribution >= 4 is 82.4 Å². The third-order valence-electron chi connectivity index (χ3n) is 9.55. The van der Waals surface area contributed by atoms with Crippen LogP contribution in [0.5, 0.6) is 0 Å². The molecular formula is C44H48MgN2O2Si2. The second kappa shape index (κ2) is 19.2. The molecule has 7 heteroatoms. The number of benzene rings is 6. The van der Waals surface area contributed by atoms with Gasteiger partial charge in [0.15, 0.2) is 0 Å². The fraction of sp³-hybridized carbons (Fsp3) is 0.227. The van der Waals surface area contributed by atoms with Crippen molar-refractivity contribution in [3.8, 4) is 0 Å². The average Bonchev–Trinajstić information content (AvgIpc) is 3.98. The fourth-order valence-corrected chi connectivity index (χ4v) is 12.5. The largest absolute Gasteiger partial charge is 2.00 e. The van der Waals surface area contributed by atoms with Crippen LogP contribution in [0, 0.1) is 0 Å². The minimum absolute atomic E-state index is 0. The molecule has 0 bridgehead atoms. The van der Waals surface area contributed by atoms with Gasteiger partial charge in [-0.05, 0) is 36.5 Å². The Hall–Kier alpha value is -3.70. The van der Waals surface area contributed by atoms with Crippen LogP contribution in [-0.2, 0) is 9.47 Å². The van der Waals surface area contributed by atoms with Crippen molar-refractivity contribution < 1.29 is 9.47 Å². The molecular weight excluding hydrogens is 669 g/mol. The zero-order valence-corrected chi connectivity index (χ0v) is 33.5. The van der Waals surface area contributed by atoms with Crippen LogP contribution in [0.15, 0.2) is 158 Å². The van der Waals surface area contributed by atoms with Gasteiger partial charge in [0, 0.05) is 42.9 Å². The third kappa shape index (κ3) is 9.80. The maximum atomic E-state index is 5.69. The van der Waals surface area contributed by atoms with Gasteiger partial charge >= 0.3 is 23.1 Å². The molecule has 0 N–H and O–H groups in total. The van der Waals surface area contributed by atoms with Crippen LogP contribution in [-0.4, -0.2) is 66.0 Å². The number of hydrogen-bond acceptors (Lipinski definition) is 2. The summed E-state index contributed by atoms with van der Waals surface area (Å²) in [5, 5.41) is 7.46. The second-order valence-electron chi connectivity index (χ2n) is 13.1. The molecule has 0 amide bonds. The smallest absolute Gasteiger partial charge is 0.679 e. The van der Waals surface area contributed by atoms with Crippen molar-refractivity contribution in [3.05, 3.63) is 168 Å². The molecule has 256 valence electrons. The summed E-state index contributed by atoms with van der Waals surface area (Å²) in [5.74, 6) is 0. The molecule has 6 aromatic carbocycles. The van der Waals surface area contributed by atoms with E-state index in [4.69, 9.17) is 19.4 Å². The van der Waals surface area contributed by atoms with E-state index in [1.165, 1.54) is 46.4 Å². The summed E-state index contributed by atoms with van der Waals surface area (Å²) >= 11 is 0. The molecule has 0 aliphatic carbocycles. The molecule has 2 aliphatic rings. The van der Waals surface area contributed by atoms with Gasteiger partial charge in [-0.15, -0.1) is 11.4 Å². The number of hydrogen-bond donors (Lipinski definition) is 0. The van der Waals surface area contributed by atoms with Crippen LogP contribution >= 0.6 is 0 Å². The first-order valence-electron chi connectivity index (χ1n) is 17.9. The van der Waals surface area contributed by atoms with E-state index in [2.05, 4.69) is 171 Å². The Morgan fingerprint density at radius 3 is 0.941 bits per heavy atom. The molecule has 6 aromatic rings. The van der Waals surface area contributed by atoms with E-state index in [-0.39, 0.29) is 23.1 Å². The zero-order chi connectivity index (χ0) is 34.5. The van der Waals surface area contributed by atoms with Crippen molar-refractivity contribution in [2.24, 2.45) is 0 Å². The van der Waals surface area contributed by atoms with Crippen molar-refractivity contribution in [1.29, 1.82) is 0 Å². The molecule has 0 atom stereocenters. The Balaban J connectivity index is 0.000000395. The Morgan fingerprint density at radius 2 is 0.686 bits per heavy atom. The molecule has 8 rings (SSSR count). The van der Waals surface area contributed by atoms with E-state index in [0.29, 0.717) is 0 Å². The molecule has 2 saturated heterocycles. The monoisotopic (exact) mass is 716 g/mol. The van der Waals surface area contributed by atoms with Crippen LogP contribution < -0.4 is 20.7 Å². The number of fused-ring (bicyclic) bond motifs is 1. The van der Waals surface area contributed by atoms with Crippen molar-refractivity contribution in [1.82, 2.24) is 0 Å². The van der Waals surface area contributed by atoms with Crippen molar-refractivity contribution in [2.45, 2.75) is 38.8 Å². The Kier molecular flexibility index (Phi) is 14.5. The van der Waals surface area contributed by atoms with E-state index in [1.54, 1.807) is 0 Å². The number of ether oxygens (including phenoxy) is 2. The molecule has 51 heavy (non-hydrogen) atoms. The van der Waals surface area contributed by atoms with Gasteiger partial charge in [0.25, 0.3) is 0 Å². The standard InChI is InChI=1S/C36H32N2Si2.2C4H8O.Mg/c1-39(30-19-7-3-8-20-30,31-21-9-4-10-22-31)37-34-27-15-17-29-18-16-28-35(36(29)34)38-40(2,32-23-11-5-12-24-32)33-25-13-6-14-26-33;2*1-2-4-5-3-1;/h3-28H,1-2H3;2*1-4H2;/q-2;;;+2. The molecule has 0 unspecified atom stereocenters. The van der Waals surface area contributed by atoms with E-state index in [9.17, 15) is 0 Å². The first kappa shape index (κ1) is 38.5. The molecule has 0 radical (unpaired) electrons. The summed E-state index contributed by atoms with van der Waals surface area (Å²) in [6.45, 7) is 8.70. The van der Waals surface area contributed by atoms with E-state index >= 15 is 0 Å². The van der Waals surface area contributed by atoms with Crippen molar-refractivity contribution in [2.75, 3.05) is 26.4 Å². The van der Waals surface area contributed by atoms with Crippen LogP contribution in [0.3, 0.4) is 0 Å².